The predicted octanol–water partition coefficient (Wildman–Crippen LogP) is 5.27. The number of halogens is 3. The predicted molar refractivity (Wildman–Crippen MR) is 81.8 cm³/mol. The maximum Gasteiger partial charge on any atom is 0.121 e. The van der Waals surface area contributed by atoms with Crippen molar-refractivity contribution in [1.82, 2.24) is 0 Å². The molecular weight excluding hydrogens is 305 g/mol. The Labute approximate surface area is 127 Å². The molecule has 0 amide bonds. The summed E-state index contributed by atoms with van der Waals surface area (Å²) in [5, 5.41) is 5.07. The summed E-state index contributed by atoms with van der Waals surface area (Å²) in [5.41, 5.74) is 1.61. The SMILES string of the molecule is COc1ccc(Cl)c(NCc2c(Cl)cccc2Cl)c1. The van der Waals surface area contributed by atoms with Gasteiger partial charge >= 0.3 is 0 Å². The molecular formula is C14H12Cl3NO. The minimum Gasteiger partial charge on any atom is -0.497 e. The molecule has 0 fully saturated rings. The number of rotatable bonds is 4. The fourth-order valence-corrected chi connectivity index (χ4v) is 2.37. The molecule has 2 nitrogen and oxygen atoms in total. The van der Waals surface area contributed by atoms with Crippen LogP contribution in [0.3, 0.4) is 0 Å². The summed E-state index contributed by atoms with van der Waals surface area (Å²) in [6, 6.07) is 10.8. The third-order valence-electron chi connectivity index (χ3n) is 2.69. The summed E-state index contributed by atoms with van der Waals surface area (Å²) in [7, 11) is 1.61. The van der Waals surface area contributed by atoms with Crippen molar-refractivity contribution in [3.8, 4) is 5.75 Å². The summed E-state index contributed by atoms with van der Waals surface area (Å²) in [6.07, 6.45) is 0. The monoisotopic (exact) mass is 315 g/mol. The highest BCUT2D eigenvalue weighted by Crippen LogP contribution is 2.29. The molecule has 19 heavy (non-hydrogen) atoms. The molecule has 100 valence electrons. The number of hydrogen-bond donors (Lipinski definition) is 1. The number of ether oxygens (including phenoxy) is 1. The van der Waals surface area contributed by atoms with E-state index >= 15 is 0 Å². The van der Waals surface area contributed by atoms with E-state index in [9.17, 15) is 0 Å². The highest BCUT2D eigenvalue weighted by molar-refractivity contribution is 6.36. The molecule has 0 saturated heterocycles. The lowest BCUT2D eigenvalue weighted by Crippen LogP contribution is -2.01. The highest BCUT2D eigenvalue weighted by atomic mass is 35.5. The molecule has 0 aromatic heterocycles. The van der Waals surface area contributed by atoms with Gasteiger partial charge in [-0.15, -0.1) is 0 Å². The van der Waals surface area contributed by atoms with Gasteiger partial charge in [-0.25, -0.2) is 0 Å². The van der Waals surface area contributed by atoms with Gasteiger partial charge in [0.05, 0.1) is 17.8 Å². The topological polar surface area (TPSA) is 21.3 Å². The van der Waals surface area contributed by atoms with Crippen LogP contribution in [-0.2, 0) is 6.54 Å². The number of anilines is 1. The summed E-state index contributed by atoms with van der Waals surface area (Å²) < 4.78 is 5.16. The van der Waals surface area contributed by atoms with E-state index in [0.29, 0.717) is 21.6 Å². The van der Waals surface area contributed by atoms with E-state index in [4.69, 9.17) is 39.5 Å². The first-order valence-corrected chi connectivity index (χ1v) is 6.75. The van der Waals surface area contributed by atoms with E-state index in [-0.39, 0.29) is 0 Å². The van der Waals surface area contributed by atoms with Crippen LogP contribution >= 0.6 is 34.8 Å². The third kappa shape index (κ3) is 3.47. The zero-order valence-corrected chi connectivity index (χ0v) is 12.5. The lowest BCUT2D eigenvalue weighted by Gasteiger charge is -2.12. The van der Waals surface area contributed by atoms with Gasteiger partial charge in [0.1, 0.15) is 5.75 Å². The Morgan fingerprint density at radius 2 is 1.68 bits per heavy atom. The molecule has 1 N–H and O–H groups in total. The van der Waals surface area contributed by atoms with Crippen molar-refractivity contribution in [2.24, 2.45) is 0 Å². The van der Waals surface area contributed by atoms with Gasteiger partial charge in [-0.2, -0.15) is 0 Å². The van der Waals surface area contributed by atoms with Gasteiger partial charge in [0.25, 0.3) is 0 Å². The third-order valence-corrected chi connectivity index (χ3v) is 3.73. The fraction of sp³-hybridized carbons (Fsp3) is 0.143. The average molecular weight is 317 g/mol. The highest BCUT2D eigenvalue weighted by Gasteiger charge is 2.07. The minimum atomic E-state index is 0.491. The Balaban J connectivity index is 2.19. The van der Waals surface area contributed by atoms with Crippen molar-refractivity contribution >= 4 is 40.5 Å². The van der Waals surface area contributed by atoms with Gasteiger partial charge in [0, 0.05) is 28.2 Å². The van der Waals surface area contributed by atoms with E-state index < -0.39 is 0 Å². The summed E-state index contributed by atoms with van der Waals surface area (Å²) in [6.45, 7) is 0.491. The molecule has 0 saturated carbocycles. The second-order valence-electron chi connectivity index (χ2n) is 3.90. The smallest absolute Gasteiger partial charge is 0.121 e. The van der Waals surface area contributed by atoms with Crippen LogP contribution in [0.25, 0.3) is 0 Å². The minimum absolute atomic E-state index is 0.491. The van der Waals surface area contributed by atoms with Crippen molar-refractivity contribution in [2.75, 3.05) is 12.4 Å². The Hall–Kier alpha value is -1.09. The Morgan fingerprint density at radius 1 is 1.00 bits per heavy atom. The molecule has 0 heterocycles. The van der Waals surface area contributed by atoms with Crippen molar-refractivity contribution in [2.45, 2.75) is 6.54 Å². The zero-order valence-electron chi connectivity index (χ0n) is 10.2. The largest absolute Gasteiger partial charge is 0.497 e. The van der Waals surface area contributed by atoms with Gasteiger partial charge in [0.15, 0.2) is 0 Å². The van der Waals surface area contributed by atoms with Gasteiger partial charge in [-0.1, -0.05) is 40.9 Å². The maximum atomic E-state index is 6.11. The molecule has 0 spiro atoms. The quantitative estimate of drug-likeness (QED) is 0.830. The number of benzene rings is 2. The molecule has 0 aliphatic heterocycles. The van der Waals surface area contributed by atoms with Crippen LogP contribution in [0.15, 0.2) is 36.4 Å². The van der Waals surface area contributed by atoms with Gasteiger partial charge in [-0.3, -0.25) is 0 Å². The standard InChI is InChI=1S/C14H12Cl3NO/c1-19-9-5-6-13(17)14(7-9)18-8-10-11(15)3-2-4-12(10)16/h2-7,18H,8H2,1H3. The van der Waals surface area contributed by atoms with Crippen LogP contribution in [0.5, 0.6) is 5.75 Å². The van der Waals surface area contributed by atoms with Crippen LogP contribution in [0.4, 0.5) is 5.69 Å². The second-order valence-corrected chi connectivity index (χ2v) is 5.12. The molecule has 0 unspecified atom stereocenters. The van der Waals surface area contributed by atoms with Crippen LogP contribution in [-0.4, -0.2) is 7.11 Å². The van der Waals surface area contributed by atoms with Crippen molar-refractivity contribution in [3.63, 3.8) is 0 Å². The number of nitrogens with one attached hydrogen (secondary N) is 1. The summed E-state index contributed by atoms with van der Waals surface area (Å²) >= 11 is 18.3. The second kappa shape index (κ2) is 6.38. The van der Waals surface area contributed by atoms with E-state index in [1.54, 1.807) is 31.4 Å². The summed E-state index contributed by atoms with van der Waals surface area (Å²) in [4.78, 5) is 0. The molecule has 2 aromatic carbocycles. The number of methoxy groups -OCH3 is 1. The van der Waals surface area contributed by atoms with Crippen molar-refractivity contribution in [3.05, 3.63) is 57.0 Å². The Bertz CT molecular complexity index is 567. The van der Waals surface area contributed by atoms with E-state index in [1.807, 2.05) is 12.1 Å². The molecule has 0 aliphatic carbocycles. The van der Waals surface area contributed by atoms with Crippen LogP contribution in [0, 0.1) is 0 Å². The lowest BCUT2D eigenvalue weighted by atomic mass is 10.2. The molecule has 0 radical (unpaired) electrons. The van der Waals surface area contributed by atoms with E-state index in [1.165, 1.54) is 0 Å². The molecule has 0 aliphatic rings. The first-order chi connectivity index (χ1) is 9.11. The van der Waals surface area contributed by atoms with Crippen LogP contribution < -0.4 is 10.1 Å². The zero-order chi connectivity index (χ0) is 13.8. The maximum absolute atomic E-state index is 6.11. The lowest BCUT2D eigenvalue weighted by molar-refractivity contribution is 0.415. The van der Waals surface area contributed by atoms with Gasteiger partial charge in [0.2, 0.25) is 0 Å². The fourth-order valence-electron chi connectivity index (χ4n) is 1.65. The molecule has 0 bridgehead atoms. The number of hydrogen-bond acceptors (Lipinski definition) is 2. The van der Waals surface area contributed by atoms with E-state index in [2.05, 4.69) is 5.32 Å². The van der Waals surface area contributed by atoms with E-state index in [0.717, 1.165) is 17.0 Å². The Morgan fingerprint density at radius 3 is 2.32 bits per heavy atom. The van der Waals surface area contributed by atoms with Crippen LogP contribution in [0.1, 0.15) is 5.56 Å². The van der Waals surface area contributed by atoms with Gasteiger partial charge in [-0.05, 0) is 24.3 Å². The normalized spacial score (nSPS) is 10.3. The summed E-state index contributed by atoms with van der Waals surface area (Å²) in [5.74, 6) is 0.733. The van der Waals surface area contributed by atoms with Crippen molar-refractivity contribution < 1.29 is 4.74 Å². The molecule has 2 rings (SSSR count). The Kier molecular flexibility index (Phi) is 4.81. The average Bonchev–Trinajstić information content (AvgIpc) is 2.40. The first-order valence-electron chi connectivity index (χ1n) is 5.62. The molecule has 2 aromatic rings. The molecule has 5 heteroatoms. The first kappa shape index (κ1) is 14.3. The van der Waals surface area contributed by atoms with Crippen LogP contribution in [0.2, 0.25) is 15.1 Å². The van der Waals surface area contributed by atoms with Gasteiger partial charge < -0.3 is 10.1 Å². The molecule has 0 atom stereocenters. The van der Waals surface area contributed by atoms with Crippen molar-refractivity contribution in [1.29, 1.82) is 0 Å².